The average molecular weight is 306 g/mol. The Bertz CT molecular complexity index is 561. The highest BCUT2D eigenvalue weighted by molar-refractivity contribution is 6.30. The Kier molecular flexibility index (Phi) is 5.83. The van der Waals surface area contributed by atoms with E-state index >= 15 is 0 Å². The predicted octanol–water partition coefficient (Wildman–Crippen LogP) is 4.75. The number of aromatic nitrogens is 2. The zero-order chi connectivity index (χ0) is 15.2. The van der Waals surface area contributed by atoms with Gasteiger partial charge in [-0.3, -0.25) is 4.68 Å². The topological polar surface area (TPSA) is 29.9 Å². The van der Waals surface area contributed by atoms with Gasteiger partial charge in [-0.15, -0.1) is 0 Å². The molecule has 1 N–H and O–H groups in total. The van der Waals surface area contributed by atoms with E-state index in [2.05, 4.69) is 54.2 Å². The van der Waals surface area contributed by atoms with Gasteiger partial charge in [-0.25, -0.2) is 0 Å². The maximum absolute atomic E-state index is 6.03. The van der Waals surface area contributed by atoms with Crippen molar-refractivity contribution in [2.45, 2.75) is 52.2 Å². The molecule has 4 heteroatoms. The molecule has 0 spiro atoms. The molecule has 114 valence electrons. The van der Waals surface area contributed by atoms with Crippen molar-refractivity contribution < 1.29 is 0 Å². The fourth-order valence-electron chi connectivity index (χ4n) is 2.49. The smallest absolute Gasteiger partial charge is 0.0762 e. The Morgan fingerprint density at radius 2 is 2.00 bits per heavy atom. The van der Waals surface area contributed by atoms with E-state index in [9.17, 15) is 0 Å². The summed E-state index contributed by atoms with van der Waals surface area (Å²) in [7, 11) is 0. The molecule has 2 rings (SSSR count). The van der Waals surface area contributed by atoms with E-state index in [1.54, 1.807) is 0 Å². The van der Waals surface area contributed by atoms with Gasteiger partial charge in [0.05, 0.1) is 11.7 Å². The van der Waals surface area contributed by atoms with Crippen molar-refractivity contribution in [2.75, 3.05) is 0 Å². The summed E-state index contributed by atoms with van der Waals surface area (Å²) in [4.78, 5) is 0. The Labute approximate surface area is 132 Å². The summed E-state index contributed by atoms with van der Waals surface area (Å²) in [5, 5.41) is 8.94. The first-order valence-corrected chi connectivity index (χ1v) is 8.04. The summed E-state index contributed by atoms with van der Waals surface area (Å²) < 4.78 is 2.08. The third kappa shape index (κ3) is 4.32. The lowest BCUT2D eigenvalue weighted by Crippen LogP contribution is -2.18. The van der Waals surface area contributed by atoms with Crippen LogP contribution in [0.15, 0.2) is 36.5 Å². The summed E-state index contributed by atoms with van der Waals surface area (Å²) in [5.41, 5.74) is 2.28. The molecule has 3 nitrogen and oxygen atoms in total. The number of halogens is 1. The molecular weight excluding hydrogens is 282 g/mol. The monoisotopic (exact) mass is 305 g/mol. The number of nitrogens with one attached hydrogen (secondary N) is 1. The van der Waals surface area contributed by atoms with Crippen molar-refractivity contribution in [3.63, 3.8) is 0 Å². The summed E-state index contributed by atoms with van der Waals surface area (Å²) in [6, 6.07) is 10.8. The van der Waals surface area contributed by atoms with Gasteiger partial charge in [-0.05, 0) is 43.5 Å². The number of rotatable bonds is 7. The molecule has 0 bridgehead atoms. The first-order valence-electron chi connectivity index (χ1n) is 7.66. The minimum atomic E-state index is 0.252. The second-order valence-electron chi connectivity index (χ2n) is 5.42. The van der Waals surface area contributed by atoms with Crippen LogP contribution in [-0.4, -0.2) is 9.78 Å². The van der Waals surface area contributed by atoms with Gasteiger partial charge >= 0.3 is 0 Å². The fourth-order valence-corrected chi connectivity index (χ4v) is 2.69. The predicted molar refractivity (Wildman–Crippen MR) is 88.6 cm³/mol. The molecule has 1 atom stereocenters. The third-order valence-electron chi connectivity index (χ3n) is 3.92. The van der Waals surface area contributed by atoms with Crippen LogP contribution in [0.25, 0.3) is 0 Å². The molecule has 1 aromatic carbocycles. The maximum Gasteiger partial charge on any atom is 0.0762 e. The molecule has 0 aliphatic rings. The van der Waals surface area contributed by atoms with Gasteiger partial charge in [-0.1, -0.05) is 37.6 Å². The van der Waals surface area contributed by atoms with Crippen molar-refractivity contribution in [3.8, 4) is 0 Å². The van der Waals surface area contributed by atoms with E-state index in [4.69, 9.17) is 11.6 Å². The zero-order valence-electron chi connectivity index (χ0n) is 13.0. The summed E-state index contributed by atoms with van der Waals surface area (Å²) in [6.45, 7) is 7.31. The van der Waals surface area contributed by atoms with Crippen molar-refractivity contribution in [1.82, 2.24) is 15.1 Å². The standard InChI is InChI=1S/C17H24ClN3/c1-4-17(5-2)21-10-9-16(20-21)12-19-13(3)14-7-6-8-15(18)11-14/h6-11,13,17,19H,4-5,12H2,1-3H3. The van der Waals surface area contributed by atoms with Crippen LogP contribution in [0.2, 0.25) is 5.02 Å². The number of hydrogen-bond acceptors (Lipinski definition) is 2. The maximum atomic E-state index is 6.03. The van der Waals surface area contributed by atoms with Crippen molar-refractivity contribution in [1.29, 1.82) is 0 Å². The average Bonchev–Trinajstić information content (AvgIpc) is 2.95. The quantitative estimate of drug-likeness (QED) is 0.800. The van der Waals surface area contributed by atoms with Crippen molar-refractivity contribution in [2.24, 2.45) is 0 Å². The molecular formula is C17H24ClN3. The van der Waals surface area contributed by atoms with Crippen LogP contribution in [0.1, 0.15) is 57.0 Å². The molecule has 0 radical (unpaired) electrons. The molecule has 2 aromatic rings. The number of benzene rings is 1. The van der Waals surface area contributed by atoms with Gasteiger partial charge < -0.3 is 5.32 Å². The van der Waals surface area contributed by atoms with Crippen LogP contribution in [0.5, 0.6) is 0 Å². The second kappa shape index (κ2) is 7.62. The summed E-state index contributed by atoms with van der Waals surface area (Å²) >= 11 is 6.03. The fraction of sp³-hybridized carbons (Fsp3) is 0.471. The van der Waals surface area contributed by atoms with Crippen LogP contribution >= 0.6 is 11.6 Å². The zero-order valence-corrected chi connectivity index (χ0v) is 13.8. The van der Waals surface area contributed by atoms with Crippen LogP contribution in [0, 0.1) is 0 Å². The molecule has 21 heavy (non-hydrogen) atoms. The largest absolute Gasteiger partial charge is 0.304 e. The van der Waals surface area contributed by atoms with Gasteiger partial charge in [0.25, 0.3) is 0 Å². The second-order valence-corrected chi connectivity index (χ2v) is 5.85. The Morgan fingerprint density at radius 3 is 2.67 bits per heavy atom. The molecule has 1 aromatic heterocycles. The lowest BCUT2D eigenvalue weighted by atomic mass is 10.1. The highest BCUT2D eigenvalue weighted by Gasteiger charge is 2.09. The van der Waals surface area contributed by atoms with Gasteiger partial charge in [-0.2, -0.15) is 5.10 Å². The van der Waals surface area contributed by atoms with E-state index in [-0.39, 0.29) is 6.04 Å². The molecule has 0 saturated heterocycles. The van der Waals surface area contributed by atoms with Gasteiger partial charge in [0, 0.05) is 23.8 Å². The molecule has 0 fully saturated rings. The number of hydrogen-bond donors (Lipinski definition) is 1. The van der Waals surface area contributed by atoms with Gasteiger partial charge in [0.15, 0.2) is 0 Å². The van der Waals surface area contributed by atoms with E-state index in [0.29, 0.717) is 6.04 Å². The molecule has 1 unspecified atom stereocenters. The SMILES string of the molecule is CCC(CC)n1ccc(CNC(C)c2cccc(Cl)c2)n1. The van der Waals surface area contributed by atoms with Crippen molar-refractivity contribution >= 4 is 11.6 Å². The minimum absolute atomic E-state index is 0.252. The van der Waals surface area contributed by atoms with E-state index in [0.717, 1.165) is 30.1 Å². The first-order chi connectivity index (χ1) is 10.1. The van der Waals surface area contributed by atoms with Crippen LogP contribution in [0.4, 0.5) is 0 Å². The van der Waals surface area contributed by atoms with Crippen LogP contribution in [0.3, 0.4) is 0 Å². The summed E-state index contributed by atoms with van der Waals surface area (Å²) in [5.74, 6) is 0. The Morgan fingerprint density at radius 1 is 1.24 bits per heavy atom. The lowest BCUT2D eigenvalue weighted by Gasteiger charge is -2.14. The van der Waals surface area contributed by atoms with E-state index < -0.39 is 0 Å². The minimum Gasteiger partial charge on any atom is -0.304 e. The van der Waals surface area contributed by atoms with Crippen LogP contribution < -0.4 is 5.32 Å². The number of nitrogens with zero attached hydrogens (tertiary/aromatic N) is 2. The summed E-state index contributed by atoms with van der Waals surface area (Å²) in [6.07, 6.45) is 4.31. The van der Waals surface area contributed by atoms with Gasteiger partial charge in [0.2, 0.25) is 0 Å². The highest BCUT2D eigenvalue weighted by Crippen LogP contribution is 2.18. The normalized spacial score (nSPS) is 12.8. The Balaban J connectivity index is 1.94. The molecule has 0 aliphatic carbocycles. The Hall–Kier alpha value is -1.32. The first kappa shape index (κ1) is 16.1. The van der Waals surface area contributed by atoms with Crippen LogP contribution in [-0.2, 0) is 6.54 Å². The van der Waals surface area contributed by atoms with E-state index in [1.165, 1.54) is 5.56 Å². The molecule has 0 amide bonds. The molecule has 1 heterocycles. The van der Waals surface area contributed by atoms with E-state index in [1.807, 2.05) is 18.2 Å². The van der Waals surface area contributed by atoms with Gasteiger partial charge in [0.1, 0.15) is 0 Å². The highest BCUT2D eigenvalue weighted by atomic mass is 35.5. The molecule has 0 aliphatic heterocycles. The van der Waals surface area contributed by atoms with Crippen molar-refractivity contribution in [3.05, 3.63) is 52.8 Å². The third-order valence-corrected chi connectivity index (χ3v) is 4.15. The molecule has 0 saturated carbocycles. The lowest BCUT2D eigenvalue weighted by molar-refractivity contribution is 0.423.